The van der Waals surface area contributed by atoms with Crippen molar-refractivity contribution >= 4 is 23.3 Å². The van der Waals surface area contributed by atoms with Gasteiger partial charge in [0.1, 0.15) is 5.54 Å². The van der Waals surface area contributed by atoms with Crippen LogP contribution in [0.25, 0.3) is 0 Å². The number of nitrogens with one attached hydrogen (secondary N) is 3. The number of fused-ring (bicyclic) bond motifs is 3. The van der Waals surface area contributed by atoms with Gasteiger partial charge in [-0.15, -0.1) is 0 Å². The monoisotopic (exact) mass is 540 g/mol. The van der Waals surface area contributed by atoms with Gasteiger partial charge in [-0.2, -0.15) is 13.2 Å². The second kappa shape index (κ2) is 9.88. The number of benzene rings is 2. The molecule has 1 amide bonds. The molecule has 11 heteroatoms. The van der Waals surface area contributed by atoms with Crippen molar-refractivity contribution in [3.8, 4) is 0 Å². The van der Waals surface area contributed by atoms with Crippen molar-refractivity contribution < 1.29 is 32.3 Å². The summed E-state index contributed by atoms with van der Waals surface area (Å²) in [4.78, 5) is 35.3. The third-order valence-electron chi connectivity index (χ3n) is 7.22. The van der Waals surface area contributed by atoms with Crippen LogP contribution < -0.4 is 21.7 Å². The molecule has 0 radical (unpaired) electrons. The van der Waals surface area contributed by atoms with Crippen LogP contribution in [0, 0.1) is 5.92 Å². The molecule has 2 fully saturated rings. The Morgan fingerprint density at radius 2 is 1.82 bits per heavy atom. The van der Waals surface area contributed by atoms with Crippen LogP contribution in [0.15, 0.2) is 78.0 Å². The van der Waals surface area contributed by atoms with E-state index in [1.807, 2.05) is 12.1 Å². The van der Waals surface area contributed by atoms with Gasteiger partial charge in [0.15, 0.2) is 5.78 Å². The Bertz CT molecular complexity index is 1360. The Balaban J connectivity index is 1.46. The fourth-order valence-corrected chi connectivity index (χ4v) is 5.51. The average Bonchev–Trinajstić information content (AvgIpc) is 3.28. The topological polar surface area (TPSA) is 123 Å². The lowest BCUT2D eigenvalue weighted by molar-refractivity contribution is -0.209. The molecular weight excluding hydrogens is 513 g/mol. The van der Waals surface area contributed by atoms with Crippen molar-refractivity contribution in [3.05, 3.63) is 89.1 Å². The van der Waals surface area contributed by atoms with Crippen molar-refractivity contribution in [2.24, 2.45) is 11.7 Å². The van der Waals surface area contributed by atoms with E-state index >= 15 is 0 Å². The van der Waals surface area contributed by atoms with Gasteiger partial charge in [-0.05, 0) is 47.9 Å². The number of allylic oxidation sites excluding steroid dienone is 3. The third kappa shape index (κ3) is 4.78. The molecule has 2 aromatic rings. The number of primary amides is 1. The summed E-state index contributed by atoms with van der Waals surface area (Å²) in [5.74, 6) is -3.65. The number of rotatable bonds is 10. The van der Waals surface area contributed by atoms with Crippen molar-refractivity contribution in [1.29, 1.82) is 0 Å². The molecule has 204 valence electrons. The number of amides is 1. The lowest BCUT2D eigenvalue weighted by Crippen LogP contribution is -2.47. The number of ketones is 1. The summed E-state index contributed by atoms with van der Waals surface area (Å²) in [6.07, 6.45) is -1.16. The van der Waals surface area contributed by atoms with Gasteiger partial charge in [0, 0.05) is 30.8 Å². The SMILES string of the molecule is NC(=O)CCCNCc1ccc(NC2(c3ccccc3)C3C4=CC(=O)CC=C4NC32OC(=O)C(F)(F)F)cc1. The van der Waals surface area contributed by atoms with Crippen LogP contribution in [0.3, 0.4) is 0 Å². The number of hydrogen-bond donors (Lipinski definition) is 4. The molecule has 0 spiro atoms. The first-order chi connectivity index (χ1) is 18.6. The molecule has 2 aliphatic carbocycles. The number of halogens is 3. The second-order valence-corrected chi connectivity index (χ2v) is 9.81. The minimum atomic E-state index is -5.20. The van der Waals surface area contributed by atoms with Crippen molar-refractivity contribution in [2.75, 3.05) is 11.9 Å². The van der Waals surface area contributed by atoms with Crippen molar-refractivity contribution in [3.63, 3.8) is 0 Å². The van der Waals surface area contributed by atoms with E-state index in [9.17, 15) is 27.6 Å². The van der Waals surface area contributed by atoms with E-state index in [-0.39, 0.29) is 18.1 Å². The zero-order chi connectivity index (χ0) is 27.8. The van der Waals surface area contributed by atoms with Gasteiger partial charge < -0.3 is 26.4 Å². The average molecular weight is 541 g/mol. The summed E-state index contributed by atoms with van der Waals surface area (Å²) in [7, 11) is 0. The highest BCUT2D eigenvalue weighted by atomic mass is 19.4. The van der Waals surface area contributed by atoms with Crippen LogP contribution in [0.4, 0.5) is 18.9 Å². The molecule has 0 bridgehead atoms. The van der Waals surface area contributed by atoms with Gasteiger partial charge in [-0.1, -0.05) is 48.5 Å². The largest absolute Gasteiger partial charge is 0.491 e. The summed E-state index contributed by atoms with van der Waals surface area (Å²) in [6.45, 7) is 1.16. The van der Waals surface area contributed by atoms with Gasteiger partial charge in [0.05, 0.1) is 5.92 Å². The normalized spacial score (nSPS) is 25.0. The molecule has 1 aliphatic heterocycles. The maximum absolute atomic E-state index is 13.4. The Morgan fingerprint density at radius 1 is 1.10 bits per heavy atom. The van der Waals surface area contributed by atoms with Crippen LogP contribution >= 0.6 is 0 Å². The minimum Gasteiger partial charge on any atom is -0.429 e. The predicted octanol–water partition coefficient (Wildman–Crippen LogP) is 3.17. The van der Waals surface area contributed by atoms with Crippen molar-refractivity contribution in [1.82, 2.24) is 10.6 Å². The van der Waals surface area contributed by atoms with Crippen LogP contribution in [-0.4, -0.2) is 36.1 Å². The number of hydrogen-bond acceptors (Lipinski definition) is 7. The Labute approximate surface area is 222 Å². The molecule has 5 rings (SSSR count). The smallest absolute Gasteiger partial charge is 0.429 e. The predicted molar refractivity (Wildman–Crippen MR) is 136 cm³/mol. The van der Waals surface area contributed by atoms with Crippen LogP contribution in [0.1, 0.15) is 30.4 Å². The Hall–Kier alpha value is -4.12. The number of ether oxygens (including phenoxy) is 1. The van der Waals surface area contributed by atoms with Gasteiger partial charge >= 0.3 is 12.1 Å². The van der Waals surface area contributed by atoms with Gasteiger partial charge in [0.2, 0.25) is 11.6 Å². The molecular formula is C28H27F3N4O4. The Morgan fingerprint density at radius 3 is 2.49 bits per heavy atom. The second-order valence-electron chi connectivity index (χ2n) is 9.81. The molecule has 1 saturated carbocycles. The van der Waals surface area contributed by atoms with E-state index in [1.54, 1.807) is 48.5 Å². The fraction of sp³-hybridized carbons (Fsp3) is 0.321. The molecule has 8 nitrogen and oxygen atoms in total. The first-order valence-electron chi connectivity index (χ1n) is 12.5. The molecule has 2 aromatic carbocycles. The van der Waals surface area contributed by atoms with Gasteiger partial charge in [-0.25, -0.2) is 4.79 Å². The summed E-state index contributed by atoms with van der Waals surface area (Å²) < 4.78 is 45.5. The number of carbonyl (C=O) groups excluding carboxylic acids is 3. The number of piperidine rings is 1. The van der Waals surface area contributed by atoms with E-state index in [2.05, 4.69) is 16.0 Å². The van der Waals surface area contributed by atoms with Crippen LogP contribution in [0.5, 0.6) is 0 Å². The molecule has 3 atom stereocenters. The zero-order valence-electron chi connectivity index (χ0n) is 20.8. The molecule has 1 saturated heterocycles. The molecule has 0 aromatic heterocycles. The number of alkyl halides is 3. The van der Waals surface area contributed by atoms with E-state index in [0.29, 0.717) is 48.5 Å². The van der Waals surface area contributed by atoms with Crippen LogP contribution in [-0.2, 0) is 31.2 Å². The summed E-state index contributed by atoms with van der Waals surface area (Å²) in [5.41, 5.74) is 5.14. The number of anilines is 1. The molecule has 39 heavy (non-hydrogen) atoms. The number of nitrogens with two attached hydrogens (primary N) is 1. The highest BCUT2D eigenvalue weighted by Crippen LogP contribution is 2.71. The van der Waals surface area contributed by atoms with E-state index in [4.69, 9.17) is 10.5 Å². The fourth-order valence-electron chi connectivity index (χ4n) is 5.51. The number of esters is 1. The molecule has 3 unspecified atom stereocenters. The summed E-state index contributed by atoms with van der Waals surface area (Å²) >= 11 is 0. The third-order valence-corrected chi connectivity index (χ3v) is 7.22. The van der Waals surface area contributed by atoms with Crippen molar-refractivity contribution in [2.45, 2.75) is 43.2 Å². The zero-order valence-corrected chi connectivity index (χ0v) is 20.8. The maximum Gasteiger partial charge on any atom is 0.491 e. The van der Waals surface area contributed by atoms with Gasteiger partial charge in [-0.3, -0.25) is 9.59 Å². The number of carbonyl (C=O) groups is 3. The van der Waals surface area contributed by atoms with Gasteiger partial charge in [0.25, 0.3) is 0 Å². The quantitative estimate of drug-likeness (QED) is 0.270. The Kier molecular flexibility index (Phi) is 6.71. The van der Waals surface area contributed by atoms with E-state index in [1.165, 1.54) is 6.08 Å². The standard InChI is InChI=1S/C28H27F3N4O4/c29-28(30,31)25(38)39-27-24(21-15-20(36)12-13-22(21)35-27)26(27,18-5-2-1-3-6-18)34-19-10-8-17(9-11-19)16-33-14-4-7-23(32)37/h1-3,5-6,8-11,13,15,24,33-35H,4,7,12,14,16H2,(H2,32,37). The molecule has 3 aliphatic rings. The highest BCUT2D eigenvalue weighted by molar-refractivity contribution is 5.95. The van der Waals surface area contributed by atoms with E-state index < -0.39 is 29.3 Å². The lowest BCUT2D eigenvalue weighted by Gasteiger charge is -2.31. The van der Waals surface area contributed by atoms with E-state index in [0.717, 1.165) is 5.56 Å². The lowest BCUT2D eigenvalue weighted by atomic mass is 9.92. The highest BCUT2D eigenvalue weighted by Gasteiger charge is 2.87. The van der Waals surface area contributed by atoms with Crippen LogP contribution in [0.2, 0.25) is 0 Å². The molecule has 5 N–H and O–H groups in total. The minimum absolute atomic E-state index is 0.103. The summed E-state index contributed by atoms with van der Waals surface area (Å²) in [6, 6.07) is 16.0. The first-order valence-corrected chi connectivity index (χ1v) is 12.5. The maximum atomic E-state index is 13.4. The molecule has 1 heterocycles. The summed E-state index contributed by atoms with van der Waals surface area (Å²) in [5, 5.41) is 9.60. The first kappa shape index (κ1) is 26.5.